The quantitative estimate of drug-likeness (QED) is 0.0220. The molecule has 64 heavy (non-hydrogen) atoms. The van der Waals surface area contributed by atoms with Gasteiger partial charge in [-0.3, -0.25) is 0 Å². The van der Waals surface area contributed by atoms with Crippen molar-refractivity contribution in [2.75, 3.05) is 6.61 Å². The molecule has 0 atom stereocenters. The highest BCUT2D eigenvalue weighted by molar-refractivity contribution is 5.87. The molecule has 0 amide bonds. The van der Waals surface area contributed by atoms with Crippen LogP contribution in [-0.4, -0.2) is 24.5 Å². The molecule has 0 saturated carbocycles. The fourth-order valence-corrected chi connectivity index (χ4v) is 5.90. The van der Waals surface area contributed by atoms with Gasteiger partial charge in [-0.2, -0.15) is 0 Å². The van der Waals surface area contributed by atoms with Gasteiger partial charge in [0.2, 0.25) is 0 Å². The summed E-state index contributed by atoms with van der Waals surface area (Å²) in [5.74, 6) is -1.55. The van der Waals surface area contributed by atoms with Crippen LogP contribution in [-0.2, 0) is 25.5 Å². The third kappa shape index (κ3) is 36.9. The standard InChI is InChI=1S/C58H78O6/c1-4-7-10-12-14-16-18-20-22-24-26-28-30-32-34-36-38-40-43-46-57(60)63-54-49-48-53(50-51-62-56(59)45-42-9-6-3)52-55(54)64-58(61)47-44-41-39-37-35-33-31-29-27-25-23-21-19-17-15-13-11-8-5-2/h22-49,52H,4-21,50-51H2,1-3H3. The molecule has 1 rings (SSSR count). The molecule has 0 heterocycles. The van der Waals surface area contributed by atoms with Gasteiger partial charge in [-0.05, 0) is 49.8 Å². The van der Waals surface area contributed by atoms with Crippen LogP contribution >= 0.6 is 0 Å². The first kappa shape index (κ1) is 56.3. The van der Waals surface area contributed by atoms with Gasteiger partial charge in [0.25, 0.3) is 0 Å². The zero-order valence-corrected chi connectivity index (χ0v) is 39.3. The van der Waals surface area contributed by atoms with Gasteiger partial charge < -0.3 is 14.2 Å². The van der Waals surface area contributed by atoms with Crippen LogP contribution in [0.15, 0.2) is 176 Å². The highest BCUT2D eigenvalue weighted by Crippen LogP contribution is 2.29. The van der Waals surface area contributed by atoms with E-state index in [4.69, 9.17) is 14.2 Å². The molecule has 0 aliphatic heterocycles. The molecule has 0 aliphatic rings. The minimum absolute atomic E-state index is 0.0701. The lowest BCUT2D eigenvalue weighted by atomic mass is 10.1. The highest BCUT2D eigenvalue weighted by Gasteiger charge is 2.13. The SMILES string of the molecule is CCCC=CC(=O)OCCc1ccc(OC(=O)C=CC=CC=CC=CC=CC=CCCCCCCCCC)c(OC(=O)C=CC=CC=CC=CC=CC=CCCCCCCCCC)c1. The lowest BCUT2D eigenvalue weighted by Crippen LogP contribution is -2.10. The number of esters is 3. The van der Waals surface area contributed by atoms with Crippen LogP contribution < -0.4 is 9.47 Å². The van der Waals surface area contributed by atoms with Crippen LogP contribution in [0.2, 0.25) is 0 Å². The molecule has 0 saturated heterocycles. The molecular formula is C58H78O6. The Morgan fingerprint density at radius 3 is 1.25 bits per heavy atom. The summed E-state index contributed by atoms with van der Waals surface area (Å²) < 4.78 is 16.4. The third-order valence-corrected chi connectivity index (χ3v) is 9.46. The van der Waals surface area contributed by atoms with E-state index in [0.717, 1.165) is 31.2 Å². The first-order valence-corrected chi connectivity index (χ1v) is 23.9. The van der Waals surface area contributed by atoms with Crippen LogP contribution in [0.4, 0.5) is 0 Å². The zero-order valence-electron chi connectivity index (χ0n) is 39.3. The molecule has 0 N–H and O–H groups in total. The number of rotatable bonds is 36. The van der Waals surface area contributed by atoms with E-state index in [2.05, 4.69) is 38.2 Å². The fraction of sp³-hybridized carbons (Fsp3) is 0.397. The Balaban J connectivity index is 2.67. The van der Waals surface area contributed by atoms with Crippen molar-refractivity contribution in [3.05, 3.63) is 182 Å². The van der Waals surface area contributed by atoms with Crippen molar-refractivity contribution in [2.45, 2.75) is 143 Å². The molecule has 1 aromatic carbocycles. The molecule has 6 nitrogen and oxygen atoms in total. The first-order chi connectivity index (χ1) is 31.5. The van der Waals surface area contributed by atoms with Crippen molar-refractivity contribution in [3.8, 4) is 11.5 Å². The van der Waals surface area contributed by atoms with Gasteiger partial charge >= 0.3 is 17.9 Å². The van der Waals surface area contributed by atoms with Crippen LogP contribution in [0.1, 0.15) is 142 Å². The normalized spacial score (nSPS) is 12.9. The van der Waals surface area contributed by atoms with E-state index in [1.807, 2.05) is 79.8 Å². The summed E-state index contributed by atoms with van der Waals surface area (Å²) in [5.41, 5.74) is 0.731. The minimum atomic E-state index is -0.648. The van der Waals surface area contributed by atoms with Crippen LogP contribution in [0, 0.1) is 0 Å². The second-order valence-corrected chi connectivity index (χ2v) is 15.2. The average molecular weight is 871 g/mol. The molecular weight excluding hydrogens is 793 g/mol. The van der Waals surface area contributed by atoms with Crippen LogP contribution in [0.3, 0.4) is 0 Å². The maximum atomic E-state index is 12.8. The van der Waals surface area contributed by atoms with E-state index in [0.29, 0.717) is 6.42 Å². The van der Waals surface area contributed by atoms with Crippen molar-refractivity contribution in [3.63, 3.8) is 0 Å². The zero-order chi connectivity index (χ0) is 46.2. The fourth-order valence-electron chi connectivity index (χ4n) is 5.90. The Hall–Kier alpha value is -5.75. The summed E-state index contributed by atoms with van der Waals surface area (Å²) in [6, 6.07) is 4.89. The van der Waals surface area contributed by atoms with Crippen molar-refractivity contribution in [1.29, 1.82) is 0 Å². The average Bonchev–Trinajstić information content (AvgIpc) is 3.28. The molecule has 6 heteroatoms. The number of ether oxygens (including phenoxy) is 3. The van der Waals surface area contributed by atoms with Gasteiger partial charge in [0.1, 0.15) is 0 Å². The Kier molecular flexibility index (Phi) is 38.6. The van der Waals surface area contributed by atoms with Gasteiger partial charge in [0.15, 0.2) is 11.5 Å². The molecule has 0 bridgehead atoms. The molecule has 1 aromatic rings. The number of hydrogen-bond donors (Lipinski definition) is 0. The number of allylic oxidation sites excluding steroid dienone is 23. The van der Waals surface area contributed by atoms with Crippen LogP contribution in [0.25, 0.3) is 0 Å². The highest BCUT2D eigenvalue weighted by atomic mass is 16.6. The molecule has 0 spiro atoms. The van der Waals surface area contributed by atoms with Gasteiger partial charge in [-0.1, -0.05) is 250 Å². The lowest BCUT2D eigenvalue weighted by molar-refractivity contribution is -0.137. The third-order valence-electron chi connectivity index (χ3n) is 9.46. The van der Waals surface area contributed by atoms with E-state index in [1.54, 1.807) is 60.7 Å². The summed E-state index contributed by atoms with van der Waals surface area (Å²) in [6.07, 6.45) is 70.8. The second kappa shape index (κ2) is 43.9. The largest absolute Gasteiger partial charge is 0.462 e. The summed E-state index contributed by atoms with van der Waals surface area (Å²) in [4.78, 5) is 37.5. The van der Waals surface area contributed by atoms with E-state index in [-0.39, 0.29) is 18.1 Å². The number of benzene rings is 1. The summed E-state index contributed by atoms with van der Waals surface area (Å²) in [7, 11) is 0. The van der Waals surface area contributed by atoms with Gasteiger partial charge in [0.05, 0.1) is 6.61 Å². The number of unbranched alkanes of at least 4 members (excludes halogenated alkanes) is 15. The van der Waals surface area contributed by atoms with E-state index in [9.17, 15) is 14.4 Å². The van der Waals surface area contributed by atoms with Crippen LogP contribution in [0.5, 0.6) is 11.5 Å². The number of carbonyl (C=O) groups is 3. The molecule has 0 fully saturated rings. The van der Waals surface area contributed by atoms with E-state index in [1.165, 1.54) is 108 Å². The maximum absolute atomic E-state index is 12.8. The van der Waals surface area contributed by atoms with Crippen molar-refractivity contribution in [2.24, 2.45) is 0 Å². The van der Waals surface area contributed by atoms with Crippen molar-refractivity contribution >= 4 is 17.9 Å². The van der Waals surface area contributed by atoms with Gasteiger partial charge in [-0.25, -0.2) is 14.4 Å². The monoisotopic (exact) mass is 871 g/mol. The predicted molar refractivity (Wildman–Crippen MR) is 271 cm³/mol. The summed E-state index contributed by atoms with van der Waals surface area (Å²) in [5, 5.41) is 0. The molecule has 0 aromatic heterocycles. The first-order valence-electron chi connectivity index (χ1n) is 23.9. The smallest absolute Gasteiger partial charge is 0.336 e. The Labute approximate surface area is 387 Å². The number of carbonyl (C=O) groups excluding carboxylic acids is 3. The second-order valence-electron chi connectivity index (χ2n) is 15.2. The summed E-state index contributed by atoms with van der Waals surface area (Å²) in [6.45, 7) is 6.66. The molecule has 346 valence electrons. The maximum Gasteiger partial charge on any atom is 0.336 e. The molecule has 0 unspecified atom stereocenters. The number of hydrogen-bond acceptors (Lipinski definition) is 6. The predicted octanol–water partition coefficient (Wildman–Crippen LogP) is 15.9. The van der Waals surface area contributed by atoms with Gasteiger partial charge in [0, 0.05) is 24.6 Å². The molecule has 0 aliphatic carbocycles. The summed E-state index contributed by atoms with van der Waals surface area (Å²) >= 11 is 0. The van der Waals surface area contributed by atoms with Gasteiger partial charge in [-0.15, -0.1) is 0 Å². The van der Waals surface area contributed by atoms with Crippen molar-refractivity contribution < 1.29 is 28.6 Å². The van der Waals surface area contributed by atoms with E-state index < -0.39 is 17.9 Å². The Morgan fingerprint density at radius 2 is 0.797 bits per heavy atom. The van der Waals surface area contributed by atoms with E-state index >= 15 is 0 Å². The Bertz CT molecular complexity index is 1790. The Morgan fingerprint density at radius 1 is 0.391 bits per heavy atom. The lowest BCUT2D eigenvalue weighted by Gasteiger charge is -2.11. The molecule has 0 radical (unpaired) electrons. The topological polar surface area (TPSA) is 78.9 Å². The van der Waals surface area contributed by atoms with Crippen molar-refractivity contribution in [1.82, 2.24) is 0 Å². The minimum Gasteiger partial charge on any atom is -0.462 e.